The fourth-order valence-corrected chi connectivity index (χ4v) is 4.54. The van der Waals surface area contributed by atoms with E-state index in [4.69, 9.17) is 16.3 Å². The van der Waals surface area contributed by atoms with Gasteiger partial charge in [0.15, 0.2) is 0 Å². The first-order valence-electron chi connectivity index (χ1n) is 11.5. The number of carbonyl (C=O) groups is 1. The molecule has 9 heteroatoms. The number of hydrogen-bond donors (Lipinski definition) is 1. The van der Waals surface area contributed by atoms with Crippen LogP contribution in [0.5, 0.6) is 5.75 Å². The van der Waals surface area contributed by atoms with Gasteiger partial charge in [-0.2, -0.15) is 0 Å². The van der Waals surface area contributed by atoms with Crippen LogP contribution < -0.4 is 20.5 Å². The summed E-state index contributed by atoms with van der Waals surface area (Å²) in [7, 11) is 1.67. The van der Waals surface area contributed by atoms with E-state index in [2.05, 4.69) is 32.2 Å². The van der Waals surface area contributed by atoms with Crippen molar-refractivity contribution >= 4 is 39.7 Å². The predicted molar refractivity (Wildman–Crippen MR) is 138 cm³/mol. The fourth-order valence-electron chi connectivity index (χ4n) is 4.36. The highest BCUT2D eigenvalue weighted by atomic mass is 35.5. The van der Waals surface area contributed by atoms with Gasteiger partial charge in [0.25, 0.3) is 11.5 Å². The Hall–Kier alpha value is -3.62. The average Bonchev–Trinajstić information content (AvgIpc) is 2.89. The molecule has 180 valence electrons. The van der Waals surface area contributed by atoms with E-state index in [1.807, 2.05) is 12.1 Å². The summed E-state index contributed by atoms with van der Waals surface area (Å²) in [5, 5.41) is 3.85. The first-order chi connectivity index (χ1) is 17.0. The van der Waals surface area contributed by atoms with E-state index in [1.54, 1.807) is 37.4 Å². The van der Waals surface area contributed by atoms with Gasteiger partial charge in [-0.3, -0.25) is 18.9 Å². The Morgan fingerprint density at radius 2 is 1.83 bits per heavy atom. The molecule has 1 saturated heterocycles. The van der Waals surface area contributed by atoms with Crippen molar-refractivity contribution in [2.24, 2.45) is 0 Å². The Balaban J connectivity index is 1.17. The van der Waals surface area contributed by atoms with Crippen molar-refractivity contribution in [3.8, 4) is 5.75 Å². The molecule has 35 heavy (non-hydrogen) atoms. The lowest BCUT2D eigenvalue weighted by Crippen LogP contribution is -2.48. The number of anilines is 1. The van der Waals surface area contributed by atoms with E-state index in [9.17, 15) is 9.59 Å². The normalized spacial score (nSPS) is 14.4. The molecule has 0 atom stereocenters. The van der Waals surface area contributed by atoms with Crippen LogP contribution in [0.4, 0.5) is 5.69 Å². The predicted octanol–water partition coefficient (Wildman–Crippen LogP) is 3.06. The minimum Gasteiger partial charge on any atom is -0.497 e. The molecule has 3 heterocycles. The maximum Gasteiger partial charge on any atom is 0.265 e. The zero-order valence-corrected chi connectivity index (χ0v) is 20.2. The van der Waals surface area contributed by atoms with Crippen LogP contribution in [0.3, 0.4) is 0 Å². The number of pyridine rings is 1. The third-order valence-corrected chi connectivity index (χ3v) is 6.59. The Kier molecular flexibility index (Phi) is 6.57. The maximum absolute atomic E-state index is 12.9. The molecule has 2 aromatic carbocycles. The molecule has 5 rings (SSSR count). The van der Waals surface area contributed by atoms with Gasteiger partial charge in [0.05, 0.1) is 23.6 Å². The van der Waals surface area contributed by atoms with Crippen molar-refractivity contribution in [3.63, 3.8) is 0 Å². The maximum atomic E-state index is 12.9. The molecule has 0 radical (unpaired) electrons. The van der Waals surface area contributed by atoms with Crippen molar-refractivity contribution in [1.29, 1.82) is 0 Å². The topological polar surface area (TPSA) is 79.2 Å². The van der Waals surface area contributed by atoms with E-state index in [0.717, 1.165) is 38.5 Å². The van der Waals surface area contributed by atoms with Crippen molar-refractivity contribution in [2.75, 3.05) is 51.3 Å². The standard InChI is InChI=1S/C26H26ClN5O3/c1-35-21-6-4-20(5-7-21)31-14-12-30(13-15-31)11-10-28-25(33)18-2-9-24-29-23-8-3-19(27)16-22(23)26(34)32(24)17-18/h2-9,16-17H,10-15H2,1H3,(H,28,33). The van der Waals surface area contributed by atoms with Crippen molar-refractivity contribution in [3.05, 3.63) is 81.7 Å². The minimum atomic E-state index is -0.253. The van der Waals surface area contributed by atoms with Crippen molar-refractivity contribution in [2.45, 2.75) is 0 Å². The zero-order chi connectivity index (χ0) is 24.4. The lowest BCUT2D eigenvalue weighted by molar-refractivity contribution is 0.0947. The number of hydrogen-bond acceptors (Lipinski definition) is 6. The quantitative estimate of drug-likeness (QED) is 0.418. The number of benzene rings is 2. The van der Waals surface area contributed by atoms with Crippen LogP contribution in [0, 0.1) is 0 Å². The molecule has 1 fully saturated rings. The van der Waals surface area contributed by atoms with Crippen LogP contribution in [-0.2, 0) is 0 Å². The molecule has 1 amide bonds. The lowest BCUT2D eigenvalue weighted by Gasteiger charge is -2.36. The van der Waals surface area contributed by atoms with E-state index in [-0.39, 0.29) is 11.5 Å². The molecule has 0 unspecified atom stereocenters. The third-order valence-electron chi connectivity index (χ3n) is 6.36. The Labute approximate surface area is 207 Å². The number of carbonyl (C=O) groups excluding carboxylic acids is 1. The molecule has 1 aliphatic heterocycles. The third kappa shape index (κ3) is 4.94. The molecular formula is C26H26ClN5O3. The molecule has 0 saturated carbocycles. The summed E-state index contributed by atoms with van der Waals surface area (Å²) in [6.45, 7) is 5.00. The summed E-state index contributed by atoms with van der Waals surface area (Å²) in [5.41, 5.74) is 2.40. The first-order valence-corrected chi connectivity index (χ1v) is 11.9. The van der Waals surface area contributed by atoms with Gasteiger partial charge >= 0.3 is 0 Å². The number of ether oxygens (including phenoxy) is 1. The number of nitrogens with zero attached hydrogens (tertiary/aromatic N) is 4. The van der Waals surface area contributed by atoms with Crippen LogP contribution in [0.2, 0.25) is 5.02 Å². The van der Waals surface area contributed by atoms with E-state index < -0.39 is 0 Å². The Morgan fingerprint density at radius 3 is 2.57 bits per heavy atom. The Bertz CT molecular complexity index is 1430. The summed E-state index contributed by atoms with van der Waals surface area (Å²) in [6.07, 6.45) is 1.54. The summed E-state index contributed by atoms with van der Waals surface area (Å²) in [4.78, 5) is 34.8. The van der Waals surface area contributed by atoms with Crippen molar-refractivity contribution in [1.82, 2.24) is 19.6 Å². The smallest absolute Gasteiger partial charge is 0.265 e. The molecular weight excluding hydrogens is 466 g/mol. The highest BCUT2D eigenvalue weighted by Gasteiger charge is 2.17. The molecule has 1 aliphatic rings. The van der Waals surface area contributed by atoms with Gasteiger partial charge in [0.1, 0.15) is 11.4 Å². The molecule has 0 bridgehead atoms. The Morgan fingerprint density at radius 1 is 1.06 bits per heavy atom. The van der Waals surface area contributed by atoms with Gasteiger partial charge in [0, 0.05) is 56.2 Å². The highest BCUT2D eigenvalue weighted by Crippen LogP contribution is 2.20. The largest absolute Gasteiger partial charge is 0.497 e. The SMILES string of the molecule is COc1ccc(N2CCN(CCNC(=O)c3ccc4nc5ccc(Cl)cc5c(=O)n4c3)CC2)cc1. The van der Waals surface area contributed by atoms with Crippen LogP contribution >= 0.6 is 11.6 Å². The van der Waals surface area contributed by atoms with Crippen molar-refractivity contribution < 1.29 is 9.53 Å². The number of rotatable bonds is 6. The number of nitrogens with one attached hydrogen (secondary N) is 1. The summed E-state index contributed by atoms with van der Waals surface area (Å²) in [5.74, 6) is 0.635. The van der Waals surface area contributed by atoms with Gasteiger partial charge in [-0.15, -0.1) is 0 Å². The first kappa shape index (κ1) is 23.1. The van der Waals surface area contributed by atoms with E-state index in [0.29, 0.717) is 33.7 Å². The van der Waals surface area contributed by atoms with Crippen LogP contribution in [0.25, 0.3) is 16.6 Å². The molecule has 8 nitrogen and oxygen atoms in total. The number of aromatic nitrogens is 2. The average molecular weight is 492 g/mol. The van der Waals surface area contributed by atoms with Crippen LogP contribution in [-0.4, -0.2) is 66.6 Å². The van der Waals surface area contributed by atoms with Crippen LogP contribution in [0.1, 0.15) is 10.4 Å². The van der Waals surface area contributed by atoms with Crippen LogP contribution in [0.15, 0.2) is 65.6 Å². The number of fused-ring (bicyclic) bond motifs is 2. The molecule has 1 N–H and O–H groups in total. The number of amides is 1. The van der Waals surface area contributed by atoms with E-state index in [1.165, 1.54) is 16.3 Å². The summed E-state index contributed by atoms with van der Waals surface area (Å²) < 4.78 is 6.63. The van der Waals surface area contributed by atoms with Gasteiger partial charge < -0.3 is 15.0 Å². The van der Waals surface area contributed by atoms with Gasteiger partial charge in [0.2, 0.25) is 0 Å². The monoisotopic (exact) mass is 491 g/mol. The second-order valence-corrected chi connectivity index (χ2v) is 8.94. The number of piperazine rings is 1. The summed E-state index contributed by atoms with van der Waals surface area (Å²) in [6, 6.07) is 16.5. The molecule has 0 aliphatic carbocycles. The van der Waals surface area contributed by atoms with E-state index >= 15 is 0 Å². The number of halogens is 1. The molecule has 2 aromatic heterocycles. The second kappa shape index (κ2) is 9.93. The summed E-state index contributed by atoms with van der Waals surface area (Å²) >= 11 is 6.04. The van der Waals surface area contributed by atoms with Gasteiger partial charge in [-0.25, -0.2) is 4.98 Å². The second-order valence-electron chi connectivity index (χ2n) is 8.51. The number of methoxy groups -OCH3 is 1. The lowest BCUT2D eigenvalue weighted by atomic mass is 10.2. The molecule has 4 aromatic rings. The fraction of sp³-hybridized carbons (Fsp3) is 0.269. The zero-order valence-electron chi connectivity index (χ0n) is 19.4. The van der Waals surface area contributed by atoms with Gasteiger partial charge in [-0.05, 0) is 54.6 Å². The molecule has 0 spiro atoms. The minimum absolute atomic E-state index is 0.221. The highest BCUT2D eigenvalue weighted by molar-refractivity contribution is 6.31. The van der Waals surface area contributed by atoms with Gasteiger partial charge in [-0.1, -0.05) is 11.6 Å².